The molecule has 0 heterocycles. The molecule has 4 aromatic rings. The lowest BCUT2D eigenvalue weighted by Crippen LogP contribution is -2.44. The lowest BCUT2D eigenvalue weighted by Gasteiger charge is -2.31. The van der Waals surface area contributed by atoms with Gasteiger partial charge in [0, 0.05) is 76.1 Å². The van der Waals surface area contributed by atoms with E-state index in [0.717, 1.165) is 101 Å². The Kier molecular flexibility index (Phi) is 28.8. The quantitative estimate of drug-likeness (QED) is 0.0184. The average Bonchev–Trinajstić information content (AvgIpc) is 3.65. The summed E-state index contributed by atoms with van der Waals surface area (Å²) >= 11 is 0. The molecule has 1 unspecified atom stereocenters. The van der Waals surface area contributed by atoms with Gasteiger partial charge < -0.3 is 38.5 Å². The zero-order valence-corrected chi connectivity index (χ0v) is 51.4. The average molecular weight is 1150 g/mol. The normalized spacial score (nSPS) is 12.4. The number of nitriles is 4. The first kappa shape index (κ1) is 68.4. The zero-order valence-electron chi connectivity index (χ0n) is 51.4. The third kappa shape index (κ3) is 22.5. The maximum atomic E-state index is 14.1. The Morgan fingerprint density at radius 2 is 0.682 bits per heavy atom. The van der Waals surface area contributed by atoms with Gasteiger partial charge >= 0.3 is 23.9 Å². The van der Waals surface area contributed by atoms with Crippen LogP contribution in [0.15, 0.2) is 119 Å². The minimum atomic E-state index is -2.00. The van der Waals surface area contributed by atoms with Crippen molar-refractivity contribution < 1.29 is 38.1 Å². The first-order valence-electron chi connectivity index (χ1n) is 29.3. The number of rotatable bonds is 34. The van der Waals surface area contributed by atoms with E-state index in [1.165, 1.54) is 24.3 Å². The van der Waals surface area contributed by atoms with E-state index in [1.807, 2.05) is 93.5 Å². The molecule has 0 spiro atoms. The number of hydrogen-bond acceptors (Lipinski definition) is 16. The SMILES string of the molecule is CCCCN(CCCC)c1ccc(/C=C(\C#N)C(=O)OCC(COC(=O)/C(C#N)=C/c2ccc(N(C)C)cc2)(COC(=O)/C(C#N)=C/c2ccc(N(CC)CC)cc2)COC(=O)/C(C#N)=C/c2ccc(N(CCC(C)C)CCC(C)C)cc2)cc1. The van der Waals surface area contributed by atoms with Gasteiger partial charge in [-0.2, -0.15) is 21.0 Å². The van der Waals surface area contributed by atoms with Gasteiger partial charge in [-0.15, -0.1) is 0 Å². The lowest BCUT2D eigenvalue weighted by molar-refractivity contribution is -0.165. The van der Waals surface area contributed by atoms with Crippen molar-refractivity contribution in [3.8, 4) is 24.3 Å². The minimum Gasteiger partial charge on any atom is -0.461 e. The van der Waals surface area contributed by atoms with Crippen molar-refractivity contribution in [3.63, 3.8) is 0 Å². The number of carbonyl (C=O) groups excluding carboxylic acids is 4. The Morgan fingerprint density at radius 3 is 0.918 bits per heavy atom. The molecule has 0 aliphatic rings. The summed E-state index contributed by atoms with van der Waals surface area (Å²) in [5.74, 6) is -3.49. The van der Waals surface area contributed by atoms with E-state index < -0.39 is 78.0 Å². The van der Waals surface area contributed by atoms with Gasteiger partial charge in [0.25, 0.3) is 0 Å². The molecular formula is C69H84N8O8. The molecule has 0 aromatic heterocycles. The van der Waals surface area contributed by atoms with Gasteiger partial charge in [0.2, 0.25) is 0 Å². The summed E-state index contributed by atoms with van der Waals surface area (Å²) in [6, 6.07) is 36.6. The predicted molar refractivity (Wildman–Crippen MR) is 337 cm³/mol. The van der Waals surface area contributed by atoms with Crippen LogP contribution in [-0.2, 0) is 38.1 Å². The topological polar surface area (TPSA) is 213 Å². The fourth-order valence-corrected chi connectivity index (χ4v) is 8.72. The molecule has 448 valence electrons. The molecule has 85 heavy (non-hydrogen) atoms. The second kappa shape index (κ2) is 35.8. The van der Waals surface area contributed by atoms with Crippen LogP contribution in [0.25, 0.3) is 24.3 Å². The highest BCUT2D eigenvalue weighted by molar-refractivity contribution is 6.00. The number of benzene rings is 4. The summed E-state index contributed by atoms with van der Waals surface area (Å²) < 4.78 is 23.3. The fourth-order valence-electron chi connectivity index (χ4n) is 8.72. The Morgan fingerprint density at radius 1 is 0.424 bits per heavy atom. The number of ether oxygens (including phenoxy) is 4. The van der Waals surface area contributed by atoms with Crippen LogP contribution in [0, 0.1) is 62.6 Å². The van der Waals surface area contributed by atoms with Gasteiger partial charge in [-0.05, 0) is 146 Å². The molecule has 0 amide bonds. The zero-order chi connectivity index (χ0) is 62.3. The number of carbonyl (C=O) groups is 4. The van der Waals surface area contributed by atoms with Crippen LogP contribution in [0.2, 0.25) is 0 Å². The van der Waals surface area contributed by atoms with Crippen molar-refractivity contribution >= 4 is 70.9 Å². The van der Waals surface area contributed by atoms with Crippen molar-refractivity contribution in [1.82, 2.24) is 0 Å². The Balaban J connectivity index is 1.79. The molecule has 0 saturated carbocycles. The largest absolute Gasteiger partial charge is 0.461 e. The van der Waals surface area contributed by atoms with E-state index in [1.54, 1.807) is 60.7 Å². The van der Waals surface area contributed by atoms with Crippen molar-refractivity contribution in [1.29, 1.82) is 21.0 Å². The number of esters is 4. The highest BCUT2D eigenvalue weighted by Crippen LogP contribution is 2.27. The van der Waals surface area contributed by atoms with Gasteiger partial charge in [-0.25, -0.2) is 19.2 Å². The Hall–Kier alpha value is -9.12. The number of nitrogens with zero attached hydrogens (tertiary/aromatic N) is 8. The predicted octanol–water partition coefficient (Wildman–Crippen LogP) is 12.8. The van der Waals surface area contributed by atoms with Crippen molar-refractivity contribution in [2.75, 3.05) is 99.4 Å². The molecule has 0 radical (unpaired) electrons. The van der Waals surface area contributed by atoms with Crippen LogP contribution in [0.5, 0.6) is 0 Å². The van der Waals surface area contributed by atoms with E-state index in [-0.39, 0.29) is 0 Å². The molecule has 0 N–H and O–H groups in total. The maximum Gasteiger partial charge on any atom is 0.348 e. The smallest absolute Gasteiger partial charge is 0.348 e. The van der Waals surface area contributed by atoms with Gasteiger partial charge in [0.1, 0.15) is 78.4 Å². The highest BCUT2D eigenvalue weighted by atomic mass is 16.6. The van der Waals surface area contributed by atoms with Crippen LogP contribution >= 0.6 is 0 Å². The van der Waals surface area contributed by atoms with E-state index >= 15 is 0 Å². The number of unbranched alkanes of at least 4 members (excludes halogenated alkanes) is 2. The lowest BCUT2D eigenvalue weighted by atomic mass is 9.92. The van der Waals surface area contributed by atoms with Crippen LogP contribution < -0.4 is 19.6 Å². The molecule has 16 nitrogen and oxygen atoms in total. The van der Waals surface area contributed by atoms with Gasteiger partial charge in [0.15, 0.2) is 0 Å². The molecule has 16 heteroatoms. The molecule has 0 fully saturated rings. The van der Waals surface area contributed by atoms with Crippen molar-refractivity contribution in [3.05, 3.63) is 142 Å². The molecular weight excluding hydrogens is 1070 g/mol. The summed E-state index contributed by atoms with van der Waals surface area (Å²) in [5, 5.41) is 41.3. The Bertz CT molecular complexity index is 3090. The standard InChI is InChI=1S/C69H84N8O8/c1-11-15-35-76(36-16-12-2)63-29-21-55(22-30-63)41-59(45-72)67(80)84-49-69(47-82-65(78)57(43-70)39-53-17-25-61(26-18-53)74(9)10,48-83-66(79)58(44-71)40-54-19-27-62(28-20-54)75(13-3)14-4)50-85-68(81)60(46-73)42-56-23-31-64(32-24-56)77(37-33-51(5)6)38-34-52(7)8/h17-32,39-42,51-52H,11-16,33-38,47-50H2,1-10H3/b57-39+,58-40+,59-41+,60-42+. The van der Waals surface area contributed by atoms with Gasteiger partial charge in [0.05, 0.1) is 0 Å². The molecule has 1 atom stereocenters. The molecule has 0 aliphatic carbocycles. The molecule has 0 aliphatic heterocycles. The van der Waals surface area contributed by atoms with Crippen LogP contribution in [0.3, 0.4) is 0 Å². The maximum absolute atomic E-state index is 14.1. The van der Waals surface area contributed by atoms with Crippen LogP contribution in [0.4, 0.5) is 22.7 Å². The van der Waals surface area contributed by atoms with Crippen LogP contribution in [-0.4, -0.2) is 104 Å². The first-order chi connectivity index (χ1) is 40.8. The monoisotopic (exact) mass is 1150 g/mol. The van der Waals surface area contributed by atoms with Crippen LogP contribution in [0.1, 0.15) is 116 Å². The second-order valence-corrected chi connectivity index (χ2v) is 22.0. The molecule has 0 saturated heterocycles. The molecule has 4 rings (SSSR count). The minimum absolute atomic E-state index is 0.415. The third-order valence-corrected chi connectivity index (χ3v) is 14.1. The summed E-state index contributed by atoms with van der Waals surface area (Å²) in [6.07, 6.45) is 11.5. The number of anilines is 4. The van der Waals surface area contributed by atoms with Crippen molar-refractivity contribution in [2.24, 2.45) is 17.3 Å². The van der Waals surface area contributed by atoms with E-state index in [4.69, 9.17) is 18.9 Å². The van der Waals surface area contributed by atoms with Gasteiger partial charge in [-0.3, -0.25) is 0 Å². The molecule has 4 aromatic carbocycles. The Labute approximate surface area is 504 Å². The highest BCUT2D eigenvalue weighted by Gasteiger charge is 2.39. The van der Waals surface area contributed by atoms with E-state index in [9.17, 15) is 40.2 Å². The van der Waals surface area contributed by atoms with Gasteiger partial charge in [-0.1, -0.05) is 103 Å². The fraction of sp³-hybridized carbons (Fsp3) is 0.420. The van der Waals surface area contributed by atoms with Crippen molar-refractivity contribution in [2.45, 2.75) is 93.9 Å². The number of hydrogen-bond donors (Lipinski definition) is 0. The summed E-state index contributed by atoms with van der Waals surface area (Å²) in [7, 11) is 3.73. The summed E-state index contributed by atoms with van der Waals surface area (Å²) in [5.41, 5.74) is 2.15. The van der Waals surface area contributed by atoms with E-state index in [0.29, 0.717) is 34.1 Å². The summed E-state index contributed by atoms with van der Waals surface area (Å²) in [4.78, 5) is 64.8. The summed E-state index contributed by atoms with van der Waals surface area (Å²) in [6.45, 7) is 18.7. The molecule has 0 bridgehead atoms. The third-order valence-electron chi connectivity index (χ3n) is 14.1. The van der Waals surface area contributed by atoms with E-state index in [2.05, 4.69) is 56.2 Å². The second-order valence-electron chi connectivity index (χ2n) is 22.0. The first-order valence-corrected chi connectivity index (χ1v) is 29.3.